The van der Waals surface area contributed by atoms with Gasteiger partial charge >= 0.3 is 0 Å². The molecular weight excluding hydrogens is 488 g/mol. The summed E-state index contributed by atoms with van der Waals surface area (Å²) in [5, 5.41) is 0. The minimum atomic E-state index is -0.149. The first kappa shape index (κ1) is 26.9. The van der Waals surface area contributed by atoms with Crippen molar-refractivity contribution in [3.05, 3.63) is 44.7 Å². The van der Waals surface area contributed by atoms with Crippen molar-refractivity contribution in [2.75, 3.05) is 24.5 Å². The number of amides is 1. The lowest BCUT2D eigenvalue weighted by molar-refractivity contribution is -0.122. The van der Waals surface area contributed by atoms with Crippen molar-refractivity contribution in [3.63, 3.8) is 0 Å². The van der Waals surface area contributed by atoms with Gasteiger partial charge in [0.05, 0.1) is 10.5 Å². The summed E-state index contributed by atoms with van der Waals surface area (Å²) in [6, 6.07) is 3.86. The van der Waals surface area contributed by atoms with Crippen LogP contribution in [0.2, 0.25) is 0 Å². The van der Waals surface area contributed by atoms with E-state index in [4.69, 9.17) is 17.2 Å². The quantitative estimate of drug-likeness (QED) is 0.315. The Morgan fingerprint density at radius 2 is 1.92 bits per heavy atom. The first-order valence-corrected chi connectivity index (χ1v) is 14.5. The van der Waals surface area contributed by atoms with E-state index >= 15 is 0 Å². The van der Waals surface area contributed by atoms with Crippen molar-refractivity contribution in [3.8, 4) is 0 Å². The highest BCUT2D eigenvalue weighted by atomic mass is 32.2. The van der Waals surface area contributed by atoms with Crippen molar-refractivity contribution in [1.29, 1.82) is 0 Å². The van der Waals surface area contributed by atoms with E-state index in [9.17, 15) is 9.59 Å². The molecule has 0 bridgehead atoms. The Hall–Kier alpha value is -2.19. The summed E-state index contributed by atoms with van der Waals surface area (Å²) < 4.78 is 2.17. The Kier molecular flexibility index (Phi) is 8.56. The molecule has 2 saturated heterocycles. The van der Waals surface area contributed by atoms with Crippen LogP contribution in [0.1, 0.15) is 70.9 Å². The van der Waals surface area contributed by atoms with Gasteiger partial charge in [-0.05, 0) is 55.2 Å². The zero-order valence-electron chi connectivity index (χ0n) is 22.1. The van der Waals surface area contributed by atoms with E-state index in [1.165, 1.54) is 11.8 Å². The molecule has 0 saturated carbocycles. The summed E-state index contributed by atoms with van der Waals surface area (Å²) in [6.45, 7) is 13.1. The van der Waals surface area contributed by atoms with Gasteiger partial charge in [-0.1, -0.05) is 77.0 Å². The molecule has 2 fully saturated rings. The maximum Gasteiger partial charge on any atom is 0.267 e. The Bertz CT molecular complexity index is 1230. The molecular formula is C28H38N4O2S2. The zero-order chi connectivity index (χ0) is 26.0. The number of unbranched alkanes of at least 4 members (excludes halogenated alkanes) is 1. The molecule has 0 unspecified atom stereocenters. The largest absolute Gasteiger partial charge is 0.355 e. The van der Waals surface area contributed by atoms with Crippen molar-refractivity contribution in [2.45, 2.75) is 66.7 Å². The maximum absolute atomic E-state index is 13.8. The average Bonchev–Trinajstić information content (AvgIpc) is 3.10. The molecule has 0 radical (unpaired) electrons. The second kappa shape index (κ2) is 11.5. The number of piperidine rings is 1. The number of rotatable bonds is 8. The third-order valence-electron chi connectivity index (χ3n) is 7.29. The smallest absolute Gasteiger partial charge is 0.267 e. The summed E-state index contributed by atoms with van der Waals surface area (Å²) in [5.74, 6) is 2.01. The Morgan fingerprint density at radius 3 is 2.58 bits per heavy atom. The van der Waals surface area contributed by atoms with Crippen molar-refractivity contribution in [2.24, 2.45) is 17.8 Å². The molecule has 4 rings (SSSR count). The molecule has 0 spiro atoms. The first-order chi connectivity index (χ1) is 17.2. The van der Waals surface area contributed by atoms with Gasteiger partial charge in [0.25, 0.3) is 11.5 Å². The number of fused-ring (bicyclic) bond motifs is 1. The second-order valence-corrected chi connectivity index (χ2v) is 12.3. The number of thioether (sulfide) groups is 1. The minimum absolute atomic E-state index is 0.0972. The standard InChI is InChI=1S/C28H38N4O2S2/c1-6-8-9-21(7-2)17-32-27(34)23(36-28(32)35)13-22-25(30-14-19(4)12-20(5)15-30)29-24-11-10-18(3)16-31(24)26(22)33/h10-11,13,16,19-21H,6-9,12,14-15,17H2,1-5H3/b23-13-/t19-,20-,21-/m0/s1. The van der Waals surface area contributed by atoms with Crippen LogP contribution in [0, 0.1) is 24.7 Å². The normalized spacial score (nSPS) is 22.8. The summed E-state index contributed by atoms with van der Waals surface area (Å²) in [4.78, 5) is 36.7. The van der Waals surface area contributed by atoms with E-state index in [1.807, 2.05) is 25.3 Å². The number of hydrogen-bond acceptors (Lipinski definition) is 6. The van der Waals surface area contributed by atoms with Crippen LogP contribution in [0.25, 0.3) is 11.7 Å². The van der Waals surface area contributed by atoms with Gasteiger partial charge in [-0.25, -0.2) is 4.98 Å². The predicted molar refractivity (Wildman–Crippen MR) is 155 cm³/mol. The fraction of sp³-hybridized carbons (Fsp3) is 0.571. The molecule has 4 heterocycles. The molecule has 2 aromatic rings. The van der Waals surface area contributed by atoms with Gasteiger partial charge in [0.15, 0.2) is 0 Å². The monoisotopic (exact) mass is 526 g/mol. The molecule has 36 heavy (non-hydrogen) atoms. The number of thiocarbonyl (C=S) groups is 1. The van der Waals surface area contributed by atoms with E-state index in [0.29, 0.717) is 50.6 Å². The highest BCUT2D eigenvalue weighted by molar-refractivity contribution is 8.26. The number of aryl methyl sites for hydroxylation is 1. The van der Waals surface area contributed by atoms with E-state index in [0.717, 1.165) is 50.8 Å². The molecule has 0 aromatic carbocycles. The lowest BCUT2D eigenvalue weighted by Gasteiger charge is -2.36. The van der Waals surface area contributed by atoms with Crippen LogP contribution in [0.5, 0.6) is 0 Å². The number of pyridine rings is 1. The number of carbonyl (C=O) groups excluding carboxylic acids is 1. The molecule has 1 amide bonds. The van der Waals surface area contributed by atoms with Gasteiger partial charge in [-0.15, -0.1) is 0 Å². The molecule has 2 aliphatic rings. The lowest BCUT2D eigenvalue weighted by atomic mass is 9.91. The lowest BCUT2D eigenvalue weighted by Crippen LogP contribution is -2.40. The molecule has 0 N–H and O–H groups in total. The van der Waals surface area contributed by atoms with Crippen LogP contribution in [0.3, 0.4) is 0 Å². The number of aromatic nitrogens is 2. The topological polar surface area (TPSA) is 57.9 Å². The number of hydrogen-bond donors (Lipinski definition) is 0. The summed E-state index contributed by atoms with van der Waals surface area (Å²) >= 11 is 6.92. The van der Waals surface area contributed by atoms with Crippen LogP contribution < -0.4 is 10.5 Å². The second-order valence-electron chi connectivity index (χ2n) is 10.6. The van der Waals surface area contributed by atoms with Crippen molar-refractivity contribution in [1.82, 2.24) is 14.3 Å². The van der Waals surface area contributed by atoms with Gasteiger partial charge in [0.1, 0.15) is 15.8 Å². The molecule has 8 heteroatoms. The van der Waals surface area contributed by atoms with Crippen LogP contribution in [-0.2, 0) is 4.79 Å². The zero-order valence-corrected chi connectivity index (χ0v) is 23.8. The number of nitrogens with zero attached hydrogens (tertiary/aromatic N) is 4. The van der Waals surface area contributed by atoms with Gasteiger partial charge in [0.2, 0.25) is 0 Å². The van der Waals surface area contributed by atoms with E-state index in [-0.39, 0.29) is 11.5 Å². The first-order valence-electron chi connectivity index (χ1n) is 13.2. The number of anilines is 1. The summed E-state index contributed by atoms with van der Waals surface area (Å²) in [7, 11) is 0. The van der Waals surface area contributed by atoms with Crippen molar-refractivity contribution < 1.29 is 4.79 Å². The van der Waals surface area contributed by atoms with Crippen LogP contribution in [-0.4, -0.2) is 44.1 Å². The summed E-state index contributed by atoms with van der Waals surface area (Å²) in [5.41, 5.74) is 1.93. The predicted octanol–water partition coefficient (Wildman–Crippen LogP) is 5.90. The molecule has 0 aliphatic carbocycles. The molecule has 2 aromatic heterocycles. The molecule has 3 atom stereocenters. The molecule has 6 nitrogen and oxygen atoms in total. The van der Waals surface area contributed by atoms with Crippen LogP contribution in [0.15, 0.2) is 28.0 Å². The SMILES string of the molecule is CCCC[C@H](CC)CN1C(=O)/C(=C/c2c(N3C[C@@H](C)C[C@H](C)C3)nc3ccc(C)cn3c2=O)SC1=S. The van der Waals surface area contributed by atoms with E-state index < -0.39 is 0 Å². The number of carbonyl (C=O) groups is 1. The molecule has 194 valence electrons. The van der Waals surface area contributed by atoms with Gasteiger partial charge in [-0.3, -0.25) is 18.9 Å². The maximum atomic E-state index is 13.8. The molecule has 2 aliphatic heterocycles. The average molecular weight is 527 g/mol. The van der Waals surface area contributed by atoms with Gasteiger partial charge in [-0.2, -0.15) is 0 Å². The van der Waals surface area contributed by atoms with Crippen LogP contribution in [0.4, 0.5) is 5.82 Å². The van der Waals surface area contributed by atoms with Gasteiger partial charge in [0, 0.05) is 25.8 Å². The third-order valence-corrected chi connectivity index (χ3v) is 8.66. The highest BCUT2D eigenvalue weighted by Crippen LogP contribution is 2.35. The highest BCUT2D eigenvalue weighted by Gasteiger charge is 2.34. The fourth-order valence-electron chi connectivity index (χ4n) is 5.41. The minimum Gasteiger partial charge on any atom is -0.355 e. The van der Waals surface area contributed by atoms with Crippen LogP contribution >= 0.6 is 24.0 Å². The Balaban J connectivity index is 1.75. The fourth-order valence-corrected chi connectivity index (χ4v) is 6.67. The Labute approximate surface area is 224 Å². The van der Waals surface area contributed by atoms with Gasteiger partial charge < -0.3 is 4.90 Å². The Morgan fingerprint density at radius 1 is 1.19 bits per heavy atom. The summed E-state index contributed by atoms with van der Waals surface area (Å²) in [6.07, 6.45) is 9.12. The van der Waals surface area contributed by atoms with E-state index in [2.05, 4.69) is 32.6 Å². The third kappa shape index (κ3) is 5.70. The van der Waals surface area contributed by atoms with E-state index in [1.54, 1.807) is 15.4 Å². The van der Waals surface area contributed by atoms with Crippen molar-refractivity contribution >= 4 is 51.7 Å².